The monoisotopic (exact) mass is 389 g/mol. The summed E-state index contributed by atoms with van der Waals surface area (Å²) in [6.07, 6.45) is 0. The van der Waals surface area contributed by atoms with Crippen LogP contribution in [-0.4, -0.2) is 25.0 Å². The number of carbonyl (C=O) groups excluding carboxylic acids is 2. The maximum atomic E-state index is 13.3. The Kier molecular flexibility index (Phi) is 4.97. The molecule has 1 unspecified atom stereocenters. The summed E-state index contributed by atoms with van der Waals surface area (Å²) in [4.78, 5) is 26.2. The molecule has 29 heavy (non-hydrogen) atoms. The van der Waals surface area contributed by atoms with Crippen LogP contribution >= 0.6 is 0 Å². The molecule has 1 aliphatic carbocycles. The van der Waals surface area contributed by atoms with E-state index in [1.165, 1.54) is 0 Å². The molecule has 0 spiro atoms. The number of ketones is 1. The van der Waals surface area contributed by atoms with Gasteiger partial charge in [-0.2, -0.15) is 0 Å². The van der Waals surface area contributed by atoms with E-state index in [9.17, 15) is 9.59 Å². The number of rotatable bonds is 5. The van der Waals surface area contributed by atoms with Gasteiger partial charge in [0, 0.05) is 28.3 Å². The first-order valence-electron chi connectivity index (χ1n) is 9.82. The van der Waals surface area contributed by atoms with E-state index in [0.717, 1.165) is 22.6 Å². The fraction of sp³-hybridized carbons (Fsp3) is 0.250. The average molecular weight is 389 g/mol. The van der Waals surface area contributed by atoms with Crippen LogP contribution in [0.4, 0.5) is 0 Å². The van der Waals surface area contributed by atoms with Gasteiger partial charge in [0.05, 0.1) is 24.5 Å². The number of nitrogens with one attached hydrogen (secondary N) is 1. The van der Waals surface area contributed by atoms with Gasteiger partial charge >= 0.3 is 5.97 Å². The minimum absolute atomic E-state index is 0.0590. The Hall–Kier alpha value is -3.34. The summed E-state index contributed by atoms with van der Waals surface area (Å²) in [7, 11) is 0. The van der Waals surface area contributed by atoms with Crippen molar-refractivity contribution in [3.63, 3.8) is 0 Å². The Morgan fingerprint density at radius 1 is 1.00 bits per heavy atom. The van der Waals surface area contributed by atoms with Crippen LogP contribution < -0.4 is 10.1 Å². The van der Waals surface area contributed by atoms with Crippen molar-refractivity contribution in [2.45, 2.75) is 26.7 Å². The topological polar surface area (TPSA) is 64.6 Å². The number of hydrogen-bond donors (Lipinski definition) is 1. The zero-order chi connectivity index (χ0) is 20.5. The Balaban J connectivity index is 1.87. The fourth-order valence-corrected chi connectivity index (χ4v) is 4.06. The highest BCUT2D eigenvalue weighted by Gasteiger charge is 2.42. The number of Topliss-reactive ketones (excluding diaryl/α,β-unsaturated/α-hetero) is 1. The van der Waals surface area contributed by atoms with Gasteiger partial charge in [-0.3, -0.25) is 4.79 Å². The normalized spacial score (nSPS) is 17.6. The maximum Gasteiger partial charge on any atom is 0.336 e. The van der Waals surface area contributed by atoms with Crippen molar-refractivity contribution in [2.24, 2.45) is 0 Å². The number of hydrogen-bond acceptors (Lipinski definition) is 5. The number of ether oxygens (including phenoxy) is 2. The van der Waals surface area contributed by atoms with Gasteiger partial charge in [-0.15, -0.1) is 0 Å². The molecule has 5 heteroatoms. The fourth-order valence-electron chi connectivity index (χ4n) is 4.06. The predicted molar refractivity (Wildman–Crippen MR) is 111 cm³/mol. The number of fused-ring (bicyclic) bond motifs is 2. The second kappa shape index (κ2) is 7.59. The Bertz CT molecular complexity index is 1050. The zero-order valence-electron chi connectivity index (χ0n) is 16.7. The van der Waals surface area contributed by atoms with E-state index in [0.29, 0.717) is 29.0 Å². The highest BCUT2D eigenvalue weighted by Crippen LogP contribution is 2.46. The summed E-state index contributed by atoms with van der Waals surface area (Å²) < 4.78 is 10.9. The summed E-state index contributed by atoms with van der Waals surface area (Å²) in [6, 6.07) is 15.1. The van der Waals surface area contributed by atoms with Crippen molar-refractivity contribution >= 4 is 17.4 Å². The lowest BCUT2D eigenvalue weighted by Crippen LogP contribution is -2.29. The minimum Gasteiger partial charge on any atom is -0.494 e. The maximum absolute atomic E-state index is 13.3. The van der Waals surface area contributed by atoms with Crippen LogP contribution in [-0.2, 0) is 9.53 Å². The first-order valence-corrected chi connectivity index (χ1v) is 9.82. The van der Waals surface area contributed by atoms with E-state index in [2.05, 4.69) is 5.32 Å². The molecule has 1 heterocycles. The molecule has 2 aliphatic rings. The summed E-state index contributed by atoms with van der Waals surface area (Å²) in [5, 5.41) is 3.30. The molecule has 0 aromatic heterocycles. The number of carbonyl (C=O) groups is 2. The second-order valence-electron chi connectivity index (χ2n) is 6.98. The average Bonchev–Trinajstić information content (AvgIpc) is 3.00. The number of dihydropyridines is 1. The van der Waals surface area contributed by atoms with E-state index in [1.54, 1.807) is 6.92 Å². The molecule has 5 nitrogen and oxygen atoms in total. The predicted octanol–water partition coefficient (Wildman–Crippen LogP) is 4.22. The van der Waals surface area contributed by atoms with E-state index in [4.69, 9.17) is 9.47 Å². The van der Waals surface area contributed by atoms with Crippen LogP contribution in [0.5, 0.6) is 5.75 Å². The van der Waals surface area contributed by atoms with Gasteiger partial charge in [-0.05, 0) is 38.5 Å². The first-order chi connectivity index (χ1) is 14.1. The highest BCUT2D eigenvalue weighted by atomic mass is 16.5. The van der Waals surface area contributed by atoms with Gasteiger partial charge in [0.2, 0.25) is 0 Å². The molecule has 0 bridgehead atoms. The zero-order valence-corrected chi connectivity index (χ0v) is 16.7. The minimum atomic E-state index is -0.499. The smallest absolute Gasteiger partial charge is 0.336 e. The van der Waals surface area contributed by atoms with Gasteiger partial charge in [0.25, 0.3) is 0 Å². The van der Waals surface area contributed by atoms with E-state index in [-0.39, 0.29) is 12.4 Å². The number of esters is 1. The summed E-state index contributed by atoms with van der Waals surface area (Å²) in [6.45, 7) is 6.39. The molecule has 2 aromatic carbocycles. The van der Waals surface area contributed by atoms with Crippen molar-refractivity contribution in [3.8, 4) is 5.75 Å². The molecule has 0 radical (unpaired) electrons. The molecule has 148 valence electrons. The molecule has 4 rings (SSSR count). The van der Waals surface area contributed by atoms with Crippen LogP contribution in [0.1, 0.15) is 48.2 Å². The number of benzene rings is 2. The Morgan fingerprint density at radius 2 is 1.69 bits per heavy atom. The molecule has 1 aliphatic heterocycles. The standard InChI is InChI=1S/C24H23NO4/c1-4-28-16-12-10-15(11-13-16)20-19(24(27)29-5-2)14(3)25-22-17-8-6-7-9-18(17)23(26)21(20)22/h6-13,20,25H,4-5H2,1-3H3. The lowest BCUT2D eigenvalue weighted by Gasteiger charge is -2.29. The van der Waals surface area contributed by atoms with E-state index < -0.39 is 11.9 Å². The molecular formula is C24H23NO4. The third kappa shape index (κ3) is 3.12. The van der Waals surface area contributed by atoms with Gasteiger partial charge < -0.3 is 14.8 Å². The molecule has 0 saturated heterocycles. The molecule has 0 amide bonds. The van der Waals surface area contributed by atoms with Gasteiger partial charge in [0.1, 0.15) is 5.75 Å². The molecule has 1 N–H and O–H groups in total. The van der Waals surface area contributed by atoms with Crippen LogP contribution in [0.15, 0.2) is 65.4 Å². The third-order valence-electron chi connectivity index (χ3n) is 5.27. The second-order valence-corrected chi connectivity index (χ2v) is 6.98. The molecule has 1 atom stereocenters. The van der Waals surface area contributed by atoms with Crippen molar-refractivity contribution in [2.75, 3.05) is 13.2 Å². The van der Waals surface area contributed by atoms with Gasteiger partial charge in [-0.1, -0.05) is 36.4 Å². The van der Waals surface area contributed by atoms with Crippen molar-refractivity contribution < 1.29 is 19.1 Å². The molecule has 0 fully saturated rings. The lowest BCUT2D eigenvalue weighted by molar-refractivity contribution is -0.138. The quantitative estimate of drug-likeness (QED) is 0.776. The van der Waals surface area contributed by atoms with Crippen LogP contribution in [0.25, 0.3) is 5.70 Å². The molecular weight excluding hydrogens is 366 g/mol. The van der Waals surface area contributed by atoms with Crippen molar-refractivity contribution in [3.05, 3.63) is 82.1 Å². The molecule has 2 aromatic rings. The van der Waals surface area contributed by atoms with E-state index >= 15 is 0 Å². The number of allylic oxidation sites excluding steroid dienone is 2. The Morgan fingerprint density at radius 3 is 2.34 bits per heavy atom. The summed E-state index contributed by atoms with van der Waals surface area (Å²) >= 11 is 0. The van der Waals surface area contributed by atoms with Crippen LogP contribution in [0.2, 0.25) is 0 Å². The van der Waals surface area contributed by atoms with Gasteiger partial charge in [0.15, 0.2) is 5.78 Å². The summed E-state index contributed by atoms with van der Waals surface area (Å²) in [5.74, 6) is -0.220. The SMILES string of the molecule is CCOC(=O)C1=C(C)NC2=C(C(=O)c3ccccc32)C1c1ccc(OCC)cc1. The summed E-state index contributed by atoms with van der Waals surface area (Å²) in [5.41, 5.74) is 4.90. The third-order valence-corrected chi connectivity index (χ3v) is 5.27. The molecule has 0 saturated carbocycles. The van der Waals surface area contributed by atoms with Gasteiger partial charge in [-0.25, -0.2) is 4.79 Å². The van der Waals surface area contributed by atoms with Crippen molar-refractivity contribution in [1.82, 2.24) is 5.32 Å². The van der Waals surface area contributed by atoms with Crippen LogP contribution in [0.3, 0.4) is 0 Å². The largest absolute Gasteiger partial charge is 0.494 e. The lowest BCUT2D eigenvalue weighted by atomic mass is 9.80. The first kappa shape index (κ1) is 19.0. The van der Waals surface area contributed by atoms with Crippen LogP contribution in [0, 0.1) is 0 Å². The highest BCUT2D eigenvalue weighted by molar-refractivity contribution is 6.23. The Labute approximate surface area is 170 Å². The van der Waals surface area contributed by atoms with Crippen molar-refractivity contribution in [1.29, 1.82) is 0 Å². The van der Waals surface area contributed by atoms with E-state index in [1.807, 2.05) is 62.4 Å².